The monoisotopic (exact) mass is 596 g/mol. The Bertz CT molecular complexity index is 1630. The van der Waals surface area contributed by atoms with Crippen LogP contribution in [0.5, 0.6) is 11.5 Å². The topological polar surface area (TPSA) is 127 Å². The summed E-state index contributed by atoms with van der Waals surface area (Å²) in [5, 5.41) is 0. The highest BCUT2D eigenvalue weighted by molar-refractivity contribution is 6.22. The number of esters is 2. The third-order valence-corrected chi connectivity index (χ3v) is 11.4. The summed E-state index contributed by atoms with van der Waals surface area (Å²) in [7, 11) is 1.51. The Morgan fingerprint density at radius 3 is 1.57 bits per heavy atom. The van der Waals surface area contributed by atoms with Crippen molar-refractivity contribution in [2.45, 2.75) is 32.6 Å². The van der Waals surface area contributed by atoms with Crippen LogP contribution in [0.15, 0.2) is 48.5 Å². The average molecular weight is 597 g/mol. The van der Waals surface area contributed by atoms with Crippen LogP contribution in [0.2, 0.25) is 0 Å². The van der Waals surface area contributed by atoms with Gasteiger partial charge in [-0.15, -0.1) is 0 Å². The lowest BCUT2D eigenvalue weighted by molar-refractivity contribution is -0.144. The number of rotatable bonds is 5. The van der Waals surface area contributed by atoms with Gasteiger partial charge in [-0.25, -0.2) is 0 Å². The van der Waals surface area contributed by atoms with Gasteiger partial charge in [-0.1, -0.05) is 17.7 Å². The van der Waals surface area contributed by atoms with Crippen LogP contribution >= 0.6 is 0 Å². The summed E-state index contributed by atoms with van der Waals surface area (Å²) in [5.74, 6) is -3.98. The molecule has 4 aliphatic carbocycles. The maximum Gasteiger partial charge on any atom is 0.314 e. The fourth-order valence-electron chi connectivity index (χ4n) is 9.52. The second-order valence-corrected chi connectivity index (χ2v) is 13.5. The zero-order valence-corrected chi connectivity index (χ0v) is 24.4. The van der Waals surface area contributed by atoms with Crippen LogP contribution < -0.4 is 14.4 Å². The Labute approximate surface area is 253 Å². The quantitative estimate of drug-likeness (QED) is 0.293. The molecule has 8 rings (SSSR count). The molecule has 6 aliphatic rings. The number of benzene rings is 2. The van der Waals surface area contributed by atoms with E-state index in [-0.39, 0.29) is 59.1 Å². The molecule has 2 heterocycles. The van der Waals surface area contributed by atoms with Gasteiger partial charge >= 0.3 is 11.9 Å². The number of likely N-dealkylation sites (tertiary alicyclic amines) is 1. The minimum Gasteiger partial charge on any atom is -0.426 e. The number of aryl methyl sites for hydroxylation is 1. The van der Waals surface area contributed by atoms with Crippen molar-refractivity contribution in [3.8, 4) is 11.5 Å². The molecule has 0 radical (unpaired) electrons. The number of ether oxygens (including phenoxy) is 2. The van der Waals surface area contributed by atoms with Crippen molar-refractivity contribution in [1.29, 1.82) is 0 Å². The molecule has 10 unspecified atom stereocenters. The van der Waals surface area contributed by atoms with Crippen molar-refractivity contribution in [2.75, 3.05) is 11.9 Å². The van der Waals surface area contributed by atoms with E-state index in [0.717, 1.165) is 5.56 Å². The highest BCUT2D eigenvalue weighted by atomic mass is 16.5. The number of amides is 4. The minimum atomic E-state index is -0.513. The molecule has 2 aromatic carbocycles. The molecule has 4 saturated carbocycles. The number of hydrogen-bond donors (Lipinski definition) is 0. The van der Waals surface area contributed by atoms with E-state index in [1.165, 1.54) is 16.8 Å². The van der Waals surface area contributed by atoms with Crippen molar-refractivity contribution in [1.82, 2.24) is 4.90 Å². The van der Waals surface area contributed by atoms with Gasteiger partial charge in [-0.05, 0) is 92.7 Å². The predicted molar refractivity (Wildman–Crippen MR) is 153 cm³/mol. The molecule has 6 fully saturated rings. The van der Waals surface area contributed by atoms with E-state index in [4.69, 9.17) is 9.47 Å². The third kappa shape index (κ3) is 3.78. The van der Waals surface area contributed by atoms with E-state index in [9.17, 15) is 28.8 Å². The zero-order chi connectivity index (χ0) is 30.6. The van der Waals surface area contributed by atoms with Gasteiger partial charge in [0.25, 0.3) is 0 Å². The lowest BCUT2D eigenvalue weighted by atomic mass is 9.75. The molecule has 0 spiro atoms. The first-order valence-electron chi connectivity index (χ1n) is 15.4. The number of imide groups is 2. The minimum absolute atomic E-state index is 0.0233. The Kier molecular flexibility index (Phi) is 5.93. The van der Waals surface area contributed by atoms with Crippen molar-refractivity contribution in [3.63, 3.8) is 0 Å². The standard InChI is InChI=1S/C34H32N2O8/c1-15-3-5-18(6-4-15)36-31(39)26-17-12-22(28(26)32(36)40)24(14-17)34(42)44-20-9-7-19(8-10-20)43-33(41)23-13-16-11-21(23)27-25(16)29(37)35(2)30(27)38/h3-10,16-17,21-28H,11-14H2,1-2H3. The van der Waals surface area contributed by atoms with Crippen LogP contribution in [0, 0.1) is 66.1 Å². The largest absolute Gasteiger partial charge is 0.426 e. The van der Waals surface area contributed by atoms with Crippen LogP contribution in [0.25, 0.3) is 0 Å². The van der Waals surface area contributed by atoms with E-state index >= 15 is 0 Å². The van der Waals surface area contributed by atoms with Gasteiger partial charge in [-0.3, -0.25) is 38.6 Å². The molecule has 2 saturated heterocycles. The summed E-state index contributed by atoms with van der Waals surface area (Å²) in [6.45, 7) is 1.94. The van der Waals surface area contributed by atoms with E-state index in [0.29, 0.717) is 42.9 Å². The third-order valence-electron chi connectivity index (χ3n) is 11.4. The maximum absolute atomic E-state index is 13.4. The van der Waals surface area contributed by atoms with Gasteiger partial charge in [0.1, 0.15) is 11.5 Å². The number of nitrogens with zero attached hydrogens (tertiary/aromatic N) is 2. The van der Waals surface area contributed by atoms with Gasteiger partial charge < -0.3 is 9.47 Å². The summed E-state index contributed by atoms with van der Waals surface area (Å²) < 4.78 is 11.3. The molecule has 4 amide bonds. The van der Waals surface area contributed by atoms with Crippen LogP contribution in [0.4, 0.5) is 5.69 Å². The molecule has 226 valence electrons. The molecule has 10 atom stereocenters. The number of anilines is 1. The van der Waals surface area contributed by atoms with E-state index in [1.807, 2.05) is 19.1 Å². The summed E-state index contributed by atoms with van der Waals surface area (Å²) >= 11 is 0. The van der Waals surface area contributed by atoms with E-state index < -0.39 is 35.6 Å². The molecular weight excluding hydrogens is 564 g/mol. The lowest BCUT2D eigenvalue weighted by Gasteiger charge is -2.27. The second-order valence-electron chi connectivity index (χ2n) is 13.5. The molecule has 2 aliphatic heterocycles. The van der Waals surface area contributed by atoms with E-state index in [2.05, 4.69) is 0 Å². The Morgan fingerprint density at radius 1 is 0.614 bits per heavy atom. The number of hydrogen-bond acceptors (Lipinski definition) is 8. The summed E-state index contributed by atoms with van der Waals surface area (Å²) in [6.07, 6.45) is 2.39. The summed E-state index contributed by atoms with van der Waals surface area (Å²) in [5.41, 5.74) is 1.60. The summed E-state index contributed by atoms with van der Waals surface area (Å²) in [4.78, 5) is 80.6. The van der Waals surface area contributed by atoms with Crippen molar-refractivity contribution in [3.05, 3.63) is 54.1 Å². The molecule has 0 N–H and O–H groups in total. The maximum atomic E-state index is 13.4. The van der Waals surface area contributed by atoms with Crippen molar-refractivity contribution >= 4 is 41.3 Å². The summed E-state index contributed by atoms with van der Waals surface area (Å²) in [6, 6.07) is 13.6. The molecule has 44 heavy (non-hydrogen) atoms. The van der Waals surface area contributed by atoms with Gasteiger partial charge in [0.05, 0.1) is 41.2 Å². The molecular formula is C34H32N2O8. The molecule has 2 aromatic rings. The van der Waals surface area contributed by atoms with Gasteiger partial charge in [0.15, 0.2) is 0 Å². The SMILES string of the molecule is Cc1ccc(N2C(=O)C3C4CC(C(=O)Oc5ccc(OC(=O)C6CC7CC6C6C(=O)N(C)C(=O)C76)cc5)C(C4)C3C2=O)cc1. The Hall–Kier alpha value is -4.34. The number of carbonyl (C=O) groups excluding carboxylic acids is 6. The van der Waals surface area contributed by atoms with Crippen LogP contribution in [-0.2, 0) is 28.8 Å². The first kappa shape index (κ1) is 27.2. The smallest absolute Gasteiger partial charge is 0.314 e. The van der Waals surface area contributed by atoms with Crippen molar-refractivity contribution in [2.24, 2.45) is 59.2 Å². The zero-order valence-electron chi connectivity index (χ0n) is 24.4. The van der Waals surface area contributed by atoms with Crippen LogP contribution in [-0.4, -0.2) is 47.5 Å². The fraction of sp³-hybridized carbons (Fsp3) is 0.471. The Balaban J connectivity index is 0.899. The Morgan fingerprint density at radius 2 is 1.05 bits per heavy atom. The fourth-order valence-corrected chi connectivity index (χ4v) is 9.52. The lowest BCUT2D eigenvalue weighted by Crippen LogP contribution is -2.36. The van der Waals surface area contributed by atoms with Gasteiger partial charge in [0.2, 0.25) is 23.6 Å². The number of carbonyl (C=O) groups is 6. The highest BCUT2D eigenvalue weighted by Crippen LogP contribution is 2.60. The van der Waals surface area contributed by atoms with Crippen molar-refractivity contribution < 1.29 is 38.2 Å². The normalized spacial score (nSPS) is 36.3. The molecule has 10 nitrogen and oxygen atoms in total. The second kappa shape index (κ2) is 9.58. The average Bonchev–Trinajstić information content (AvgIpc) is 3.85. The van der Waals surface area contributed by atoms with E-state index in [1.54, 1.807) is 36.4 Å². The number of fused-ring (bicyclic) bond motifs is 10. The first-order valence-corrected chi connectivity index (χ1v) is 15.4. The van der Waals surface area contributed by atoms with Crippen LogP contribution in [0.3, 0.4) is 0 Å². The van der Waals surface area contributed by atoms with Crippen LogP contribution in [0.1, 0.15) is 31.2 Å². The highest BCUT2D eigenvalue weighted by Gasteiger charge is 2.66. The van der Waals surface area contributed by atoms with Gasteiger partial charge in [0, 0.05) is 7.05 Å². The first-order chi connectivity index (χ1) is 21.1. The molecule has 4 bridgehead atoms. The molecule has 10 heteroatoms. The predicted octanol–water partition coefficient (Wildman–Crippen LogP) is 3.15. The molecule has 0 aromatic heterocycles. The van der Waals surface area contributed by atoms with Gasteiger partial charge in [-0.2, -0.15) is 0 Å².